The highest BCUT2D eigenvalue weighted by atomic mass is 16.5. The minimum absolute atomic E-state index is 0.234. The summed E-state index contributed by atoms with van der Waals surface area (Å²) in [4.78, 5) is 26.3. The number of carbonyl (C=O) groups excluding carboxylic acids is 1. The number of hydrogen-bond acceptors (Lipinski definition) is 4. The highest BCUT2D eigenvalue weighted by Crippen LogP contribution is 2.14. The number of carboxylic acid groups (broad SMARTS) is 1. The highest BCUT2D eigenvalue weighted by Gasteiger charge is 2.15. The van der Waals surface area contributed by atoms with Gasteiger partial charge in [0.05, 0.1) is 6.10 Å². The number of amides is 1. The van der Waals surface area contributed by atoms with Gasteiger partial charge in [-0.15, -0.1) is 0 Å². The molecular formula is C15H18N2O4. The highest BCUT2D eigenvalue weighted by molar-refractivity contribution is 5.92. The Morgan fingerprint density at radius 1 is 1.48 bits per heavy atom. The standard InChI is InChI=1S/C15H18N2O4/c18-14(19)6-4-11-3-5-13(17-10-11)15(20)16-8-7-12-2-1-9-21-12/h3-6,10,12H,1-2,7-9H2,(H,16,20)(H,18,19). The summed E-state index contributed by atoms with van der Waals surface area (Å²) in [5.41, 5.74) is 0.947. The number of ether oxygens (including phenoxy) is 1. The summed E-state index contributed by atoms with van der Waals surface area (Å²) < 4.78 is 5.48. The summed E-state index contributed by atoms with van der Waals surface area (Å²) in [6.45, 7) is 1.37. The Hall–Kier alpha value is -2.21. The molecule has 0 radical (unpaired) electrons. The van der Waals surface area contributed by atoms with Crippen LogP contribution in [0, 0.1) is 0 Å². The summed E-state index contributed by atoms with van der Waals surface area (Å²) in [6, 6.07) is 3.23. The van der Waals surface area contributed by atoms with Gasteiger partial charge in [0.15, 0.2) is 0 Å². The van der Waals surface area contributed by atoms with Crippen molar-refractivity contribution in [2.24, 2.45) is 0 Å². The van der Waals surface area contributed by atoms with Crippen molar-refractivity contribution in [2.75, 3.05) is 13.2 Å². The summed E-state index contributed by atoms with van der Waals surface area (Å²) in [7, 11) is 0. The van der Waals surface area contributed by atoms with Crippen molar-refractivity contribution in [1.29, 1.82) is 0 Å². The molecule has 2 rings (SSSR count). The van der Waals surface area contributed by atoms with Crippen molar-refractivity contribution in [3.63, 3.8) is 0 Å². The van der Waals surface area contributed by atoms with Gasteiger partial charge in [0.1, 0.15) is 5.69 Å². The van der Waals surface area contributed by atoms with Crippen LogP contribution in [0.25, 0.3) is 6.08 Å². The smallest absolute Gasteiger partial charge is 0.328 e. The molecule has 1 amide bonds. The maximum Gasteiger partial charge on any atom is 0.328 e. The van der Waals surface area contributed by atoms with Crippen LogP contribution >= 0.6 is 0 Å². The van der Waals surface area contributed by atoms with Crippen molar-refractivity contribution in [1.82, 2.24) is 10.3 Å². The summed E-state index contributed by atoms with van der Waals surface area (Å²) in [5, 5.41) is 11.3. The van der Waals surface area contributed by atoms with Gasteiger partial charge in [-0.2, -0.15) is 0 Å². The van der Waals surface area contributed by atoms with Gasteiger partial charge in [0.25, 0.3) is 5.91 Å². The molecule has 1 saturated heterocycles. The lowest BCUT2D eigenvalue weighted by molar-refractivity contribution is -0.131. The molecule has 2 N–H and O–H groups in total. The van der Waals surface area contributed by atoms with Gasteiger partial charge < -0.3 is 15.2 Å². The molecule has 112 valence electrons. The summed E-state index contributed by atoms with van der Waals surface area (Å²) in [5.74, 6) is -1.26. The van der Waals surface area contributed by atoms with Crippen LogP contribution in [0.15, 0.2) is 24.4 Å². The van der Waals surface area contributed by atoms with Gasteiger partial charge in [0, 0.05) is 25.4 Å². The predicted octanol–water partition coefficient (Wildman–Crippen LogP) is 1.48. The number of nitrogens with one attached hydrogen (secondary N) is 1. The van der Waals surface area contributed by atoms with Crippen LogP contribution in [0.4, 0.5) is 0 Å². The molecule has 2 heterocycles. The quantitative estimate of drug-likeness (QED) is 0.775. The minimum Gasteiger partial charge on any atom is -0.478 e. The largest absolute Gasteiger partial charge is 0.478 e. The second kappa shape index (κ2) is 7.54. The van der Waals surface area contributed by atoms with Gasteiger partial charge in [-0.1, -0.05) is 6.07 Å². The summed E-state index contributed by atoms with van der Waals surface area (Å²) >= 11 is 0. The van der Waals surface area contributed by atoms with E-state index in [4.69, 9.17) is 9.84 Å². The second-order valence-corrected chi connectivity index (χ2v) is 4.83. The zero-order valence-corrected chi connectivity index (χ0v) is 11.6. The molecule has 1 unspecified atom stereocenters. The first-order chi connectivity index (χ1) is 10.1. The van der Waals surface area contributed by atoms with Crippen LogP contribution in [0.5, 0.6) is 0 Å². The molecule has 0 spiro atoms. The van der Waals surface area contributed by atoms with E-state index in [0.29, 0.717) is 17.8 Å². The first kappa shape index (κ1) is 15.2. The normalized spacial score (nSPS) is 18.0. The molecule has 0 saturated carbocycles. The van der Waals surface area contributed by atoms with E-state index in [0.717, 1.165) is 31.9 Å². The Kier molecular flexibility index (Phi) is 5.45. The molecule has 1 aliphatic heterocycles. The van der Waals surface area contributed by atoms with Crippen LogP contribution in [0.1, 0.15) is 35.3 Å². The van der Waals surface area contributed by atoms with Gasteiger partial charge in [0.2, 0.25) is 0 Å². The molecule has 21 heavy (non-hydrogen) atoms. The second-order valence-electron chi connectivity index (χ2n) is 4.83. The van der Waals surface area contributed by atoms with E-state index >= 15 is 0 Å². The molecule has 0 aromatic carbocycles. The fourth-order valence-corrected chi connectivity index (χ4v) is 2.11. The van der Waals surface area contributed by atoms with Crippen molar-refractivity contribution in [3.05, 3.63) is 35.7 Å². The zero-order chi connectivity index (χ0) is 15.1. The number of aromatic nitrogens is 1. The molecule has 1 aliphatic rings. The number of nitrogens with zero attached hydrogens (tertiary/aromatic N) is 1. The Morgan fingerprint density at radius 3 is 2.95 bits per heavy atom. The maximum atomic E-state index is 11.9. The third kappa shape index (κ3) is 5.00. The molecule has 1 aromatic rings. The molecule has 6 nitrogen and oxygen atoms in total. The number of hydrogen-bond donors (Lipinski definition) is 2. The van der Waals surface area contributed by atoms with E-state index in [-0.39, 0.29) is 12.0 Å². The number of aliphatic carboxylic acids is 1. The first-order valence-corrected chi connectivity index (χ1v) is 6.92. The van der Waals surface area contributed by atoms with Gasteiger partial charge in [-0.05, 0) is 37.0 Å². The van der Waals surface area contributed by atoms with E-state index in [1.807, 2.05) is 0 Å². The molecule has 6 heteroatoms. The van der Waals surface area contributed by atoms with Gasteiger partial charge in [-0.3, -0.25) is 9.78 Å². The first-order valence-electron chi connectivity index (χ1n) is 6.92. The Bertz CT molecular complexity index is 519. The lowest BCUT2D eigenvalue weighted by Gasteiger charge is -2.09. The average Bonchev–Trinajstić information content (AvgIpc) is 2.99. The van der Waals surface area contributed by atoms with Crippen LogP contribution < -0.4 is 5.32 Å². The van der Waals surface area contributed by atoms with Crippen LogP contribution in [-0.4, -0.2) is 41.2 Å². The topological polar surface area (TPSA) is 88.5 Å². The van der Waals surface area contributed by atoms with E-state index < -0.39 is 5.97 Å². The molecular weight excluding hydrogens is 272 g/mol. The lowest BCUT2D eigenvalue weighted by atomic mass is 10.2. The molecule has 1 aromatic heterocycles. The third-order valence-corrected chi connectivity index (χ3v) is 3.21. The molecule has 1 fully saturated rings. The van der Waals surface area contributed by atoms with E-state index in [2.05, 4.69) is 10.3 Å². The van der Waals surface area contributed by atoms with Crippen molar-refractivity contribution < 1.29 is 19.4 Å². The number of carboxylic acids is 1. The zero-order valence-electron chi connectivity index (χ0n) is 11.6. The van der Waals surface area contributed by atoms with Gasteiger partial charge in [-0.25, -0.2) is 4.79 Å². The Balaban J connectivity index is 1.80. The van der Waals surface area contributed by atoms with Crippen LogP contribution in [-0.2, 0) is 9.53 Å². The fourth-order valence-electron chi connectivity index (χ4n) is 2.11. The number of carbonyl (C=O) groups is 2. The molecule has 0 aliphatic carbocycles. The van der Waals surface area contributed by atoms with Crippen molar-refractivity contribution >= 4 is 18.0 Å². The van der Waals surface area contributed by atoms with E-state index in [1.165, 1.54) is 12.3 Å². The van der Waals surface area contributed by atoms with Crippen LogP contribution in [0.3, 0.4) is 0 Å². The third-order valence-electron chi connectivity index (χ3n) is 3.21. The van der Waals surface area contributed by atoms with E-state index in [1.54, 1.807) is 12.1 Å². The Morgan fingerprint density at radius 2 is 2.33 bits per heavy atom. The SMILES string of the molecule is O=C(O)C=Cc1ccc(C(=O)NCCC2CCCO2)nc1. The van der Waals surface area contributed by atoms with Crippen LogP contribution in [0.2, 0.25) is 0 Å². The minimum atomic E-state index is -1.02. The lowest BCUT2D eigenvalue weighted by Crippen LogP contribution is -2.27. The molecule has 0 bridgehead atoms. The summed E-state index contributed by atoms with van der Waals surface area (Å²) in [6.07, 6.45) is 7.12. The van der Waals surface area contributed by atoms with Gasteiger partial charge >= 0.3 is 5.97 Å². The number of pyridine rings is 1. The maximum absolute atomic E-state index is 11.9. The number of rotatable bonds is 6. The fraction of sp³-hybridized carbons (Fsp3) is 0.400. The monoisotopic (exact) mass is 290 g/mol. The predicted molar refractivity (Wildman–Crippen MR) is 76.8 cm³/mol. The average molecular weight is 290 g/mol. The Labute approximate surface area is 122 Å². The molecule has 1 atom stereocenters. The van der Waals surface area contributed by atoms with E-state index in [9.17, 15) is 9.59 Å². The van der Waals surface area contributed by atoms with Crippen molar-refractivity contribution in [3.8, 4) is 0 Å². The van der Waals surface area contributed by atoms with Crippen molar-refractivity contribution in [2.45, 2.75) is 25.4 Å².